The first-order valence-corrected chi connectivity index (χ1v) is 9.86. The SMILES string of the molecule is Brc1ccc(-c2ccc(C34C[C@H]5C[C@@H](C3)C[C@@H](C4)C5)cc2)cc1. The van der Waals surface area contributed by atoms with Gasteiger partial charge in [0, 0.05) is 4.47 Å². The van der Waals surface area contributed by atoms with Gasteiger partial charge in [0.2, 0.25) is 0 Å². The van der Waals surface area contributed by atoms with E-state index >= 15 is 0 Å². The van der Waals surface area contributed by atoms with Crippen molar-refractivity contribution in [3.05, 3.63) is 58.6 Å². The third-order valence-corrected chi connectivity index (χ3v) is 7.24. The van der Waals surface area contributed by atoms with E-state index in [0.717, 1.165) is 22.2 Å². The molecule has 23 heavy (non-hydrogen) atoms. The molecule has 0 aromatic heterocycles. The van der Waals surface area contributed by atoms with Crippen molar-refractivity contribution in [2.75, 3.05) is 0 Å². The van der Waals surface area contributed by atoms with E-state index in [1.165, 1.54) is 49.7 Å². The van der Waals surface area contributed by atoms with Crippen LogP contribution in [0, 0.1) is 17.8 Å². The van der Waals surface area contributed by atoms with E-state index in [2.05, 4.69) is 64.5 Å². The molecule has 0 amide bonds. The molecule has 0 N–H and O–H groups in total. The van der Waals surface area contributed by atoms with Crippen molar-refractivity contribution in [1.29, 1.82) is 0 Å². The second-order valence-corrected chi connectivity index (χ2v) is 9.20. The summed E-state index contributed by atoms with van der Waals surface area (Å²) in [5.41, 5.74) is 4.79. The average Bonchev–Trinajstić information content (AvgIpc) is 2.54. The van der Waals surface area contributed by atoms with Gasteiger partial charge in [-0.3, -0.25) is 0 Å². The maximum absolute atomic E-state index is 3.52. The maximum Gasteiger partial charge on any atom is 0.0175 e. The lowest BCUT2D eigenvalue weighted by Crippen LogP contribution is -2.48. The topological polar surface area (TPSA) is 0 Å². The summed E-state index contributed by atoms with van der Waals surface area (Å²) in [4.78, 5) is 0. The number of hydrogen-bond acceptors (Lipinski definition) is 0. The largest absolute Gasteiger partial charge is 0.0579 e. The van der Waals surface area contributed by atoms with Crippen LogP contribution >= 0.6 is 15.9 Å². The van der Waals surface area contributed by atoms with Gasteiger partial charge >= 0.3 is 0 Å². The summed E-state index contributed by atoms with van der Waals surface area (Å²) in [7, 11) is 0. The molecule has 4 fully saturated rings. The molecular formula is C22H23Br. The molecule has 0 radical (unpaired) electrons. The summed E-state index contributed by atoms with van der Waals surface area (Å²) in [6.07, 6.45) is 8.94. The zero-order valence-electron chi connectivity index (χ0n) is 13.5. The molecule has 4 aliphatic rings. The molecule has 4 bridgehead atoms. The first kappa shape index (κ1) is 14.3. The van der Waals surface area contributed by atoms with Crippen LogP contribution in [0.15, 0.2) is 53.0 Å². The summed E-state index contributed by atoms with van der Waals surface area (Å²) in [6, 6.07) is 18.2. The van der Waals surface area contributed by atoms with Crippen LogP contribution in [0.4, 0.5) is 0 Å². The predicted molar refractivity (Wildman–Crippen MR) is 99.4 cm³/mol. The Morgan fingerprint density at radius 1 is 0.652 bits per heavy atom. The molecule has 4 saturated carbocycles. The van der Waals surface area contributed by atoms with Gasteiger partial charge in [-0.1, -0.05) is 52.3 Å². The van der Waals surface area contributed by atoms with Gasteiger partial charge in [-0.25, -0.2) is 0 Å². The van der Waals surface area contributed by atoms with Crippen LogP contribution in [0.2, 0.25) is 0 Å². The van der Waals surface area contributed by atoms with Crippen molar-refractivity contribution < 1.29 is 0 Å². The number of benzene rings is 2. The van der Waals surface area contributed by atoms with E-state index in [4.69, 9.17) is 0 Å². The molecular weight excluding hydrogens is 344 g/mol. The number of halogens is 1. The van der Waals surface area contributed by atoms with Crippen LogP contribution < -0.4 is 0 Å². The van der Waals surface area contributed by atoms with Crippen LogP contribution in [-0.4, -0.2) is 0 Å². The molecule has 0 aliphatic heterocycles. The molecule has 0 unspecified atom stereocenters. The standard InChI is InChI=1S/C22H23Br/c23-21-7-3-19(4-8-21)18-1-5-20(6-2-18)22-12-15-9-16(13-22)11-17(10-15)14-22/h1-8,15-17H,9-14H2/t15-,16+,17-,22?. The quantitative estimate of drug-likeness (QED) is 0.562. The second kappa shape index (κ2) is 5.21. The zero-order chi connectivity index (χ0) is 15.4. The Bertz CT molecular complexity index is 675. The van der Waals surface area contributed by atoms with Gasteiger partial charge in [0.05, 0.1) is 0 Å². The molecule has 118 valence electrons. The van der Waals surface area contributed by atoms with Crippen LogP contribution in [0.3, 0.4) is 0 Å². The zero-order valence-corrected chi connectivity index (χ0v) is 15.1. The fourth-order valence-corrected chi connectivity index (χ4v) is 6.39. The van der Waals surface area contributed by atoms with E-state index in [0.29, 0.717) is 5.41 Å². The highest BCUT2D eigenvalue weighted by Crippen LogP contribution is 2.60. The Labute approximate surface area is 147 Å². The smallest absolute Gasteiger partial charge is 0.0175 e. The van der Waals surface area contributed by atoms with Gasteiger partial charge in [-0.15, -0.1) is 0 Å². The van der Waals surface area contributed by atoms with Crippen LogP contribution in [0.1, 0.15) is 44.1 Å². The van der Waals surface area contributed by atoms with Crippen LogP contribution in [0.5, 0.6) is 0 Å². The van der Waals surface area contributed by atoms with E-state index in [1.54, 1.807) is 5.56 Å². The molecule has 4 aliphatic carbocycles. The lowest BCUT2D eigenvalue weighted by atomic mass is 9.48. The van der Waals surface area contributed by atoms with Gasteiger partial charge in [0.1, 0.15) is 0 Å². The molecule has 6 rings (SSSR count). The van der Waals surface area contributed by atoms with Crippen molar-refractivity contribution in [1.82, 2.24) is 0 Å². The van der Waals surface area contributed by atoms with E-state index in [9.17, 15) is 0 Å². The molecule has 1 heteroatoms. The minimum Gasteiger partial charge on any atom is -0.0579 e. The number of hydrogen-bond donors (Lipinski definition) is 0. The van der Waals surface area contributed by atoms with Crippen LogP contribution in [0.25, 0.3) is 11.1 Å². The Morgan fingerprint density at radius 2 is 1.09 bits per heavy atom. The molecule has 2 aromatic rings. The van der Waals surface area contributed by atoms with Crippen LogP contribution in [-0.2, 0) is 5.41 Å². The summed E-state index contributed by atoms with van der Waals surface area (Å²) in [6.45, 7) is 0. The van der Waals surface area contributed by atoms with E-state index in [1.807, 2.05) is 0 Å². The predicted octanol–water partition coefficient (Wildman–Crippen LogP) is 6.58. The highest BCUT2D eigenvalue weighted by atomic mass is 79.9. The van der Waals surface area contributed by atoms with Crippen molar-refractivity contribution >= 4 is 15.9 Å². The molecule has 0 atom stereocenters. The maximum atomic E-state index is 3.52. The highest BCUT2D eigenvalue weighted by Gasteiger charge is 2.51. The van der Waals surface area contributed by atoms with Gasteiger partial charge in [0.15, 0.2) is 0 Å². The Morgan fingerprint density at radius 3 is 1.57 bits per heavy atom. The molecule has 0 spiro atoms. The number of rotatable bonds is 2. The molecule has 0 saturated heterocycles. The molecule has 0 nitrogen and oxygen atoms in total. The summed E-state index contributed by atoms with van der Waals surface area (Å²) < 4.78 is 1.14. The Kier molecular flexibility index (Phi) is 3.23. The van der Waals surface area contributed by atoms with Crippen molar-refractivity contribution in [3.8, 4) is 11.1 Å². The van der Waals surface area contributed by atoms with E-state index in [-0.39, 0.29) is 0 Å². The summed E-state index contributed by atoms with van der Waals surface area (Å²) >= 11 is 3.52. The fraction of sp³-hybridized carbons (Fsp3) is 0.455. The van der Waals surface area contributed by atoms with Gasteiger partial charge < -0.3 is 0 Å². The first-order chi connectivity index (χ1) is 11.2. The summed E-state index contributed by atoms with van der Waals surface area (Å²) in [5.74, 6) is 3.06. The van der Waals surface area contributed by atoms with Crippen molar-refractivity contribution in [2.45, 2.75) is 43.9 Å². The van der Waals surface area contributed by atoms with Crippen molar-refractivity contribution in [3.63, 3.8) is 0 Å². The first-order valence-electron chi connectivity index (χ1n) is 9.07. The van der Waals surface area contributed by atoms with Crippen molar-refractivity contribution in [2.24, 2.45) is 17.8 Å². The lowest BCUT2D eigenvalue weighted by molar-refractivity contribution is -0.00518. The van der Waals surface area contributed by atoms with E-state index < -0.39 is 0 Å². The average molecular weight is 367 g/mol. The highest BCUT2D eigenvalue weighted by molar-refractivity contribution is 9.10. The molecule has 0 heterocycles. The third-order valence-electron chi connectivity index (χ3n) is 6.71. The van der Waals surface area contributed by atoms with Gasteiger partial charge in [0.25, 0.3) is 0 Å². The second-order valence-electron chi connectivity index (χ2n) is 8.28. The summed E-state index contributed by atoms with van der Waals surface area (Å²) in [5, 5.41) is 0. The minimum atomic E-state index is 0.521. The Hall–Kier alpha value is -1.08. The third kappa shape index (κ3) is 2.39. The minimum absolute atomic E-state index is 0.521. The normalized spacial score (nSPS) is 34.7. The lowest BCUT2D eigenvalue weighted by Gasteiger charge is -2.57. The van der Waals surface area contributed by atoms with Gasteiger partial charge in [-0.05, 0) is 90.5 Å². The monoisotopic (exact) mass is 366 g/mol. The van der Waals surface area contributed by atoms with Gasteiger partial charge in [-0.2, -0.15) is 0 Å². The molecule has 2 aromatic carbocycles. The Balaban J connectivity index is 1.47. The fourth-order valence-electron chi connectivity index (χ4n) is 6.12.